The van der Waals surface area contributed by atoms with E-state index in [9.17, 15) is 9.65 Å². The standard InChI is InChI=1S/C14H9BrClFN2/c15-9-4-5-12(13(17)6-9)14(8-18)19-11-3-1-2-10(16)7-11/h1-7,14,19H. The maximum Gasteiger partial charge on any atom is 0.143 e. The van der Waals surface area contributed by atoms with E-state index in [1.807, 2.05) is 6.07 Å². The van der Waals surface area contributed by atoms with Crippen molar-refractivity contribution in [2.75, 3.05) is 5.32 Å². The normalized spacial score (nSPS) is 11.7. The third kappa shape index (κ3) is 3.46. The Hall–Kier alpha value is -1.57. The number of nitriles is 1. The molecule has 0 aliphatic heterocycles. The summed E-state index contributed by atoms with van der Waals surface area (Å²) in [5, 5.41) is 12.7. The molecule has 2 nitrogen and oxygen atoms in total. The number of benzene rings is 2. The second-order valence-electron chi connectivity index (χ2n) is 3.88. The lowest BCUT2D eigenvalue weighted by Gasteiger charge is -2.14. The van der Waals surface area contributed by atoms with Crippen molar-refractivity contribution in [3.05, 3.63) is 63.3 Å². The van der Waals surface area contributed by atoms with Gasteiger partial charge < -0.3 is 5.32 Å². The molecule has 0 saturated carbocycles. The van der Waals surface area contributed by atoms with E-state index in [2.05, 4.69) is 21.2 Å². The summed E-state index contributed by atoms with van der Waals surface area (Å²) in [4.78, 5) is 0. The molecular weight excluding hydrogens is 331 g/mol. The van der Waals surface area contributed by atoms with E-state index >= 15 is 0 Å². The number of halogens is 3. The van der Waals surface area contributed by atoms with Gasteiger partial charge in [0.2, 0.25) is 0 Å². The lowest BCUT2D eigenvalue weighted by molar-refractivity contribution is 0.606. The summed E-state index contributed by atoms with van der Waals surface area (Å²) in [6, 6.07) is 12.8. The SMILES string of the molecule is N#CC(Nc1cccc(Cl)c1)c1ccc(Br)cc1F. The Bertz CT molecular complexity index is 640. The van der Waals surface area contributed by atoms with E-state index in [-0.39, 0.29) is 0 Å². The van der Waals surface area contributed by atoms with Gasteiger partial charge in [-0.15, -0.1) is 0 Å². The second-order valence-corrected chi connectivity index (χ2v) is 5.23. The smallest absolute Gasteiger partial charge is 0.143 e. The molecule has 0 aliphatic carbocycles. The molecule has 0 amide bonds. The Morgan fingerprint density at radius 1 is 1.26 bits per heavy atom. The van der Waals surface area contributed by atoms with Crippen molar-refractivity contribution < 1.29 is 4.39 Å². The first-order chi connectivity index (χ1) is 9.10. The molecule has 0 spiro atoms. The Kier molecular flexibility index (Phi) is 4.41. The number of nitrogens with one attached hydrogen (secondary N) is 1. The summed E-state index contributed by atoms with van der Waals surface area (Å²) < 4.78 is 14.5. The van der Waals surface area contributed by atoms with Crippen LogP contribution < -0.4 is 5.32 Å². The average molecular weight is 340 g/mol. The van der Waals surface area contributed by atoms with Crippen molar-refractivity contribution >= 4 is 33.2 Å². The first kappa shape index (κ1) is 13.9. The van der Waals surface area contributed by atoms with Crippen molar-refractivity contribution in [2.24, 2.45) is 0 Å². The van der Waals surface area contributed by atoms with E-state index in [0.29, 0.717) is 20.7 Å². The zero-order valence-electron chi connectivity index (χ0n) is 9.70. The molecule has 0 fully saturated rings. The van der Waals surface area contributed by atoms with Gasteiger partial charge in [-0.1, -0.05) is 39.7 Å². The number of hydrogen-bond donors (Lipinski definition) is 1. The molecule has 2 rings (SSSR count). The van der Waals surface area contributed by atoms with E-state index in [4.69, 9.17) is 11.6 Å². The molecular formula is C14H9BrClFN2. The van der Waals surface area contributed by atoms with Gasteiger partial charge in [0.1, 0.15) is 11.9 Å². The molecule has 96 valence electrons. The topological polar surface area (TPSA) is 35.8 Å². The summed E-state index contributed by atoms with van der Waals surface area (Å²) in [6.45, 7) is 0. The molecule has 1 atom stereocenters. The maximum atomic E-state index is 13.8. The van der Waals surface area contributed by atoms with Crippen molar-refractivity contribution in [1.29, 1.82) is 5.26 Å². The van der Waals surface area contributed by atoms with E-state index in [0.717, 1.165) is 0 Å². The predicted octanol–water partition coefficient (Wildman–Crippen LogP) is 4.92. The van der Waals surface area contributed by atoms with Crippen LogP contribution in [0.2, 0.25) is 5.02 Å². The minimum absolute atomic E-state index is 0.297. The van der Waals surface area contributed by atoms with Crippen LogP contribution in [-0.2, 0) is 0 Å². The zero-order valence-corrected chi connectivity index (χ0v) is 12.0. The molecule has 5 heteroatoms. The average Bonchev–Trinajstić information content (AvgIpc) is 2.37. The van der Waals surface area contributed by atoms with Gasteiger partial charge >= 0.3 is 0 Å². The molecule has 2 aromatic rings. The van der Waals surface area contributed by atoms with Crippen LogP contribution in [0, 0.1) is 17.1 Å². The van der Waals surface area contributed by atoms with Crippen molar-refractivity contribution in [3.63, 3.8) is 0 Å². The van der Waals surface area contributed by atoms with E-state index in [1.54, 1.807) is 36.4 Å². The number of anilines is 1. The zero-order chi connectivity index (χ0) is 13.8. The molecule has 0 aromatic heterocycles. The summed E-state index contributed by atoms with van der Waals surface area (Å²) in [6.07, 6.45) is 0. The Balaban J connectivity index is 2.28. The highest BCUT2D eigenvalue weighted by Crippen LogP contribution is 2.25. The number of rotatable bonds is 3. The summed E-state index contributed by atoms with van der Waals surface area (Å²) in [5.74, 6) is -0.435. The van der Waals surface area contributed by atoms with Crippen LogP contribution in [0.3, 0.4) is 0 Å². The molecule has 0 radical (unpaired) electrons. The van der Waals surface area contributed by atoms with Crippen LogP contribution in [0.25, 0.3) is 0 Å². The van der Waals surface area contributed by atoms with E-state index < -0.39 is 11.9 Å². The molecule has 0 aliphatic rings. The highest BCUT2D eigenvalue weighted by molar-refractivity contribution is 9.10. The van der Waals surface area contributed by atoms with Crippen LogP contribution >= 0.6 is 27.5 Å². The summed E-state index contributed by atoms with van der Waals surface area (Å²) in [5.41, 5.74) is 0.965. The fourth-order valence-electron chi connectivity index (χ4n) is 1.66. The molecule has 1 N–H and O–H groups in total. The van der Waals surface area contributed by atoms with Crippen LogP contribution in [0.4, 0.5) is 10.1 Å². The predicted molar refractivity (Wildman–Crippen MR) is 77.5 cm³/mol. The molecule has 0 bridgehead atoms. The Morgan fingerprint density at radius 2 is 2.05 bits per heavy atom. The van der Waals surface area contributed by atoms with Gasteiger partial charge in [-0.2, -0.15) is 5.26 Å². The third-order valence-corrected chi connectivity index (χ3v) is 3.27. The fraction of sp³-hybridized carbons (Fsp3) is 0.0714. The van der Waals surface area contributed by atoms with Crippen LogP contribution in [0.5, 0.6) is 0 Å². The second kappa shape index (κ2) is 6.05. The van der Waals surface area contributed by atoms with Gasteiger partial charge in [0, 0.05) is 20.7 Å². The molecule has 1 unspecified atom stereocenters. The third-order valence-electron chi connectivity index (χ3n) is 2.54. The van der Waals surface area contributed by atoms with Gasteiger partial charge in [0.05, 0.1) is 6.07 Å². The highest BCUT2D eigenvalue weighted by Gasteiger charge is 2.15. The van der Waals surface area contributed by atoms with Gasteiger partial charge in [-0.05, 0) is 30.3 Å². The van der Waals surface area contributed by atoms with Crippen LogP contribution in [0.1, 0.15) is 11.6 Å². The Labute approximate surface area is 123 Å². The number of nitrogens with zero attached hydrogens (tertiary/aromatic N) is 1. The lowest BCUT2D eigenvalue weighted by Crippen LogP contribution is -2.10. The maximum absolute atomic E-state index is 13.8. The summed E-state index contributed by atoms with van der Waals surface area (Å²) in [7, 11) is 0. The first-order valence-electron chi connectivity index (χ1n) is 5.47. The van der Waals surface area contributed by atoms with Crippen LogP contribution in [-0.4, -0.2) is 0 Å². The molecule has 19 heavy (non-hydrogen) atoms. The van der Waals surface area contributed by atoms with Gasteiger partial charge in [-0.25, -0.2) is 4.39 Å². The Morgan fingerprint density at radius 3 is 2.68 bits per heavy atom. The van der Waals surface area contributed by atoms with Crippen molar-refractivity contribution in [2.45, 2.75) is 6.04 Å². The molecule has 0 heterocycles. The van der Waals surface area contributed by atoms with E-state index in [1.165, 1.54) is 6.07 Å². The van der Waals surface area contributed by atoms with Gasteiger partial charge in [-0.3, -0.25) is 0 Å². The summed E-state index contributed by atoms with van der Waals surface area (Å²) >= 11 is 9.05. The van der Waals surface area contributed by atoms with Crippen molar-refractivity contribution in [1.82, 2.24) is 0 Å². The van der Waals surface area contributed by atoms with Crippen molar-refractivity contribution in [3.8, 4) is 6.07 Å². The van der Waals surface area contributed by atoms with Crippen LogP contribution in [0.15, 0.2) is 46.9 Å². The quantitative estimate of drug-likeness (QED) is 0.861. The largest absolute Gasteiger partial charge is 0.366 e. The van der Waals surface area contributed by atoms with Gasteiger partial charge in [0.25, 0.3) is 0 Å². The lowest BCUT2D eigenvalue weighted by atomic mass is 10.1. The highest BCUT2D eigenvalue weighted by atomic mass is 79.9. The fourth-order valence-corrected chi connectivity index (χ4v) is 2.18. The molecule has 0 saturated heterocycles. The van der Waals surface area contributed by atoms with Gasteiger partial charge in [0.15, 0.2) is 0 Å². The minimum Gasteiger partial charge on any atom is -0.366 e. The monoisotopic (exact) mass is 338 g/mol. The number of hydrogen-bond acceptors (Lipinski definition) is 2. The molecule has 2 aromatic carbocycles. The first-order valence-corrected chi connectivity index (χ1v) is 6.64. The minimum atomic E-state index is -0.772.